The average Bonchev–Trinajstić information content (AvgIpc) is 2.30. The molecule has 0 N–H and O–H groups in total. The topological polar surface area (TPSA) is 85.0 Å². The highest BCUT2D eigenvalue weighted by Crippen LogP contribution is 2.21. The van der Waals surface area contributed by atoms with Gasteiger partial charge in [0.2, 0.25) is 10.0 Å². The number of sulfonamides is 1. The van der Waals surface area contributed by atoms with Crippen molar-refractivity contribution in [3.63, 3.8) is 0 Å². The Hall–Kier alpha value is -1.11. The van der Waals surface area contributed by atoms with Gasteiger partial charge in [0.15, 0.2) is 5.25 Å². The van der Waals surface area contributed by atoms with Crippen molar-refractivity contribution in [1.29, 1.82) is 10.5 Å². The molecule has 1 aliphatic heterocycles. The first-order valence-electron chi connectivity index (χ1n) is 5.34. The van der Waals surface area contributed by atoms with Gasteiger partial charge in [0.05, 0.1) is 18.1 Å². The molecule has 0 aromatic rings. The number of hydrogen-bond acceptors (Lipinski definition) is 4. The van der Waals surface area contributed by atoms with E-state index in [4.69, 9.17) is 10.5 Å². The van der Waals surface area contributed by atoms with Crippen LogP contribution in [-0.2, 0) is 10.0 Å². The zero-order valence-electron chi connectivity index (χ0n) is 9.26. The van der Waals surface area contributed by atoms with Crippen LogP contribution in [0.5, 0.6) is 0 Å². The molecule has 0 radical (unpaired) electrons. The summed E-state index contributed by atoms with van der Waals surface area (Å²) < 4.78 is 25.3. The highest BCUT2D eigenvalue weighted by molar-refractivity contribution is 7.90. The van der Waals surface area contributed by atoms with Crippen LogP contribution in [0.25, 0.3) is 0 Å². The van der Waals surface area contributed by atoms with Gasteiger partial charge >= 0.3 is 0 Å². The second kappa shape index (κ2) is 5.29. The number of rotatable bonds is 3. The summed E-state index contributed by atoms with van der Waals surface area (Å²) in [5.74, 6) is -0.236. The monoisotopic (exact) mass is 241 g/mol. The highest BCUT2D eigenvalue weighted by Gasteiger charge is 2.34. The van der Waals surface area contributed by atoms with Crippen LogP contribution in [0, 0.1) is 28.6 Å². The van der Waals surface area contributed by atoms with Crippen molar-refractivity contribution >= 4 is 10.0 Å². The molecule has 6 heteroatoms. The molecule has 0 aromatic heterocycles. The molecule has 88 valence electrons. The number of nitriles is 2. The van der Waals surface area contributed by atoms with Crippen LogP contribution in [0.4, 0.5) is 0 Å². The van der Waals surface area contributed by atoms with Crippen molar-refractivity contribution in [1.82, 2.24) is 4.31 Å². The molecule has 0 aliphatic carbocycles. The highest BCUT2D eigenvalue weighted by atomic mass is 32.2. The Balaban J connectivity index is 2.85. The summed E-state index contributed by atoms with van der Waals surface area (Å²) in [6.45, 7) is 2.34. The lowest BCUT2D eigenvalue weighted by molar-refractivity contribution is 0.303. The molecule has 16 heavy (non-hydrogen) atoms. The number of piperidine rings is 1. The van der Waals surface area contributed by atoms with Crippen molar-refractivity contribution in [2.24, 2.45) is 5.92 Å². The van der Waals surface area contributed by atoms with Gasteiger partial charge in [-0.3, -0.25) is 0 Å². The van der Waals surface area contributed by atoms with Crippen LogP contribution < -0.4 is 0 Å². The van der Waals surface area contributed by atoms with E-state index in [-0.39, 0.29) is 18.9 Å². The molecule has 1 fully saturated rings. The summed E-state index contributed by atoms with van der Waals surface area (Å²) in [7, 11) is -3.55. The van der Waals surface area contributed by atoms with E-state index < -0.39 is 15.3 Å². The molecule has 0 saturated carbocycles. The van der Waals surface area contributed by atoms with Gasteiger partial charge in [-0.1, -0.05) is 6.92 Å². The number of nitrogens with zero attached hydrogens (tertiary/aromatic N) is 3. The van der Waals surface area contributed by atoms with Crippen molar-refractivity contribution < 1.29 is 8.42 Å². The molecule has 2 unspecified atom stereocenters. The lowest BCUT2D eigenvalue weighted by atomic mass is 10.0. The normalized spacial score (nSPS) is 24.3. The summed E-state index contributed by atoms with van der Waals surface area (Å²) in [6, 6.07) is 3.90. The van der Waals surface area contributed by atoms with Crippen LogP contribution in [0.2, 0.25) is 0 Å². The van der Waals surface area contributed by atoms with E-state index in [0.717, 1.165) is 6.42 Å². The fraction of sp³-hybridized carbons (Fsp3) is 0.800. The summed E-state index contributed by atoms with van der Waals surface area (Å²) in [4.78, 5) is 0. The third kappa shape index (κ3) is 2.52. The Labute approximate surface area is 96.3 Å². The van der Waals surface area contributed by atoms with Crippen molar-refractivity contribution in [3.8, 4) is 12.1 Å². The molecular formula is C10H15N3O2S. The van der Waals surface area contributed by atoms with Gasteiger partial charge in [0.1, 0.15) is 0 Å². The lowest BCUT2D eigenvalue weighted by Crippen LogP contribution is -2.43. The van der Waals surface area contributed by atoms with Gasteiger partial charge in [0, 0.05) is 13.1 Å². The summed E-state index contributed by atoms with van der Waals surface area (Å²) in [6.07, 6.45) is 1.72. The number of hydrogen-bond donors (Lipinski definition) is 0. The quantitative estimate of drug-likeness (QED) is 0.733. The predicted molar refractivity (Wildman–Crippen MR) is 58.5 cm³/mol. The molecule has 1 aliphatic rings. The second-order valence-corrected chi connectivity index (χ2v) is 6.01. The largest absolute Gasteiger partial charge is 0.230 e. The van der Waals surface area contributed by atoms with Gasteiger partial charge in [-0.25, -0.2) is 8.42 Å². The smallest absolute Gasteiger partial charge is 0.211 e. The molecule has 5 nitrogen and oxygen atoms in total. The van der Waals surface area contributed by atoms with Crippen molar-refractivity contribution in [2.45, 2.75) is 31.4 Å². The van der Waals surface area contributed by atoms with E-state index in [0.29, 0.717) is 13.0 Å². The van der Waals surface area contributed by atoms with Gasteiger partial charge in [0.25, 0.3) is 0 Å². The molecular weight excluding hydrogens is 226 g/mol. The molecule has 2 atom stereocenters. The average molecular weight is 241 g/mol. The standard InChI is InChI=1S/C10H15N3O2S/c1-2-10(7-12)16(14,15)13-5-3-4-9(6-11)8-13/h9-10H,2-5,8H2,1H3. The van der Waals surface area contributed by atoms with Crippen LogP contribution in [0.15, 0.2) is 0 Å². The Bertz CT molecular complexity index is 418. The van der Waals surface area contributed by atoms with E-state index >= 15 is 0 Å². The Kier molecular flexibility index (Phi) is 4.28. The van der Waals surface area contributed by atoms with Gasteiger partial charge < -0.3 is 0 Å². The molecule has 1 saturated heterocycles. The van der Waals surface area contributed by atoms with Gasteiger partial charge in [-0.05, 0) is 19.3 Å². The van der Waals surface area contributed by atoms with Crippen LogP contribution >= 0.6 is 0 Å². The first-order chi connectivity index (χ1) is 7.56. The maximum atomic E-state index is 12.0. The maximum Gasteiger partial charge on any atom is 0.230 e. The minimum absolute atomic E-state index is 0.233. The van der Waals surface area contributed by atoms with Gasteiger partial charge in [-0.2, -0.15) is 14.8 Å². The fourth-order valence-corrected chi connectivity index (χ4v) is 3.51. The Morgan fingerprint density at radius 3 is 2.69 bits per heavy atom. The SMILES string of the molecule is CCC(C#N)S(=O)(=O)N1CCCC(C#N)C1. The zero-order chi connectivity index (χ0) is 12.2. The van der Waals surface area contributed by atoms with E-state index in [1.54, 1.807) is 6.92 Å². The van der Waals surface area contributed by atoms with Crippen LogP contribution in [-0.4, -0.2) is 31.1 Å². The summed E-state index contributed by atoms with van der Waals surface area (Å²) in [5, 5.41) is 16.6. The molecule has 0 spiro atoms. The maximum absolute atomic E-state index is 12.0. The van der Waals surface area contributed by atoms with E-state index in [1.807, 2.05) is 6.07 Å². The van der Waals surface area contributed by atoms with E-state index in [9.17, 15) is 8.42 Å². The minimum Gasteiger partial charge on any atom is -0.211 e. The second-order valence-electron chi connectivity index (χ2n) is 3.90. The first kappa shape index (κ1) is 13.0. The first-order valence-corrected chi connectivity index (χ1v) is 6.84. The predicted octanol–water partition coefficient (Wildman–Crippen LogP) is 0.854. The summed E-state index contributed by atoms with van der Waals surface area (Å²) in [5.41, 5.74) is 0. The molecule has 1 heterocycles. The molecule has 1 rings (SSSR count). The van der Waals surface area contributed by atoms with E-state index in [2.05, 4.69) is 6.07 Å². The van der Waals surface area contributed by atoms with Crippen molar-refractivity contribution in [2.75, 3.05) is 13.1 Å². The minimum atomic E-state index is -3.55. The molecule has 0 amide bonds. The third-order valence-electron chi connectivity index (χ3n) is 2.80. The van der Waals surface area contributed by atoms with Gasteiger partial charge in [-0.15, -0.1) is 0 Å². The van der Waals surface area contributed by atoms with E-state index in [1.165, 1.54) is 4.31 Å². The van der Waals surface area contributed by atoms with Crippen LogP contribution in [0.1, 0.15) is 26.2 Å². The Morgan fingerprint density at radius 1 is 1.50 bits per heavy atom. The molecule has 0 bridgehead atoms. The molecule has 0 aromatic carbocycles. The Morgan fingerprint density at radius 2 is 2.19 bits per heavy atom. The third-order valence-corrected chi connectivity index (χ3v) is 5.01. The summed E-state index contributed by atoms with van der Waals surface area (Å²) >= 11 is 0. The lowest BCUT2D eigenvalue weighted by Gasteiger charge is -2.29. The fourth-order valence-electron chi connectivity index (χ4n) is 1.83. The van der Waals surface area contributed by atoms with Crippen LogP contribution in [0.3, 0.4) is 0 Å². The van der Waals surface area contributed by atoms with Crippen molar-refractivity contribution in [3.05, 3.63) is 0 Å². The zero-order valence-corrected chi connectivity index (χ0v) is 10.1.